The summed E-state index contributed by atoms with van der Waals surface area (Å²) in [6.07, 6.45) is 0. The Bertz CT molecular complexity index is 846. The number of halogens is 2. The molecule has 0 aromatic heterocycles. The average Bonchev–Trinajstić information content (AvgIpc) is 2.55. The molecule has 3 rings (SSSR count). The summed E-state index contributed by atoms with van der Waals surface area (Å²) in [5.41, 5.74) is 1.34. The van der Waals surface area contributed by atoms with E-state index >= 15 is 0 Å². The van der Waals surface area contributed by atoms with Crippen molar-refractivity contribution in [3.8, 4) is 0 Å². The third kappa shape index (κ3) is 3.03. The molecule has 2 amide bonds. The van der Waals surface area contributed by atoms with Gasteiger partial charge in [-0.25, -0.2) is 9.18 Å². The molecule has 0 bridgehead atoms. The predicted molar refractivity (Wildman–Crippen MR) is 89.3 cm³/mol. The maximum absolute atomic E-state index is 14.2. The Labute approximate surface area is 143 Å². The number of allylic oxidation sites excluding steroid dienone is 1. The monoisotopic (exact) mass is 344 g/mol. The first-order chi connectivity index (χ1) is 11.5. The molecule has 2 aromatic rings. The van der Waals surface area contributed by atoms with E-state index in [1.807, 2.05) is 0 Å². The van der Waals surface area contributed by atoms with E-state index < -0.39 is 17.9 Å². The van der Waals surface area contributed by atoms with Crippen LogP contribution in [0.4, 0.5) is 9.18 Å². The lowest BCUT2D eigenvalue weighted by atomic mass is 9.89. The van der Waals surface area contributed by atoms with Gasteiger partial charge < -0.3 is 10.6 Å². The summed E-state index contributed by atoms with van der Waals surface area (Å²) in [4.78, 5) is 24.7. The summed E-state index contributed by atoms with van der Waals surface area (Å²) in [6, 6.07) is 11.1. The molecule has 0 radical (unpaired) electrons. The van der Waals surface area contributed by atoms with Crippen molar-refractivity contribution in [2.24, 2.45) is 0 Å². The molecule has 0 spiro atoms. The van der Waals surface area contributed by atoms with Gasteiger partial charge in [-0.3, -0.25) is 4.79 Å². The summed E-state index contributed by atoms with van der Waals surface area (Å²) in [5.74, 6) is -0.788. The van der Waals surface area contributed by atoms with Gasteiger partial charge >= 0.3 is 6.03 Å². The van der Waals surface area contributed by atoms with E-state index in [9.17, 15) is 14.0 Å². The van der Waals surface area contributed by atoms with Gasteiger partial charge in [0.1, 0.15) is 5.82 Å². The zero-order valence-electron chi connectivity index (χ0n) is 12.8. The minimum absolute atomic E-state index is 0.240. The second-order valence-corrected chi connectivity index (χ2v) is 5.86. The zero-order chi connectivity index (χ0) is 17.3. The summed E-state index contributed by atoms with van der Waals surface area (Å²) in [7, 11) is 0. The summed E-state index contributed by atoms with van der Waals surface area (Å²) < 4.78 is 14.2. The molecule has 0 fully saturated rings. The fraction of sp³-hybridized carbons (Fsp3) is 0.111. The first-order valence-corrected chi connectivity index (χ1v) is 7.68. The number of Topliss-reactive ketones (excluding diaryl/α,β-unsaturated/α-hetero) is 1. The van der Waals surface area contributed by atoms with Crippen LogP contribution in [-0.4, -0.2) is 11.8 Å². The number of urea groups is 1. The molecule has 2 aromatic carbocycles. The van der Waals surface area contributed by atoms with Crippen LogP contribution in [0.15, 0.2) is 59.8 Å². The zero-order valence-corrected chi connectivity index (χ0v) is 13.5. The fourth-order valence-electron chi connectivity index (χ4n) is 2.69. The van der Waals surface area contributed by atoms with Crippen LogP contribution in [-0.2, 0) is 0 Å². The standard InChI is InChI=1S/C18H14ClFN2O2/c1-10-15(17(23)11-6-8-12(19)9-7-11)16(22-18(24)21-10)13-4-2-3-5-14(13)20/h2-9,16H,1H3,(H2,21,22,24)/t16-/m0/s1. The Balaban J connectivity index is 2.09. The smallest absolute Gasteiger partial charge is 0.319 e. The van der Waals surface area contributed by atoms with Gasteiger partial charge in [0.05, 0.1) is 6.04 Å². The number of ketones is 1. The van der Waals surface area contributed by atoms with Crippen molar-refractivity contribution < 1.29 is 14.0 Å². The molecule has 6 heteroatoms. The van der Waals surface area contributed by atoms with Crippen LogP contribution >= 0.6 is 11.6 Å². The van der Waals surface area contributed by atoms with Crippen molar-refractivity contribution in [2.45, 2.75) is 13.0 Å². The highest BCUT2D eigenvalue weighted by Gasteiger charge is 2.32. The first kappa shape index (κ1) is 16.2. The van der Waals surface area contributed by atoms with Crippen molar-refractivity contribution in [1.29, 1.82) is 0 Å². The van der Waals surface area contributed by atoms with Gasteiger partial charge in [-0.1, -0.05) is 29.8 Å². The fourth-order valence-corrected chi connectivity index (χ4v) is 2.82. The minimum atomic E-state index is -0.858. The van der Waals surface area contributed by atoms with Crippen LogP contribution < -0.4 is 10.6 Å². The van der Waals surface area contributed by atoms with Gasteiger partial charge in [0.15, 0.2) is 5.78 Å². The molecule has 0 unspecified atom stereocenters. The number of benzene rings is 2. The predicted octanol–water partition coefficient (Wildman–Crippen LogP) is 3.99. The van der Waals surface area contributed by atoms with Gasteiger partial charge in [-0.15, -0.1) is 0 Å². The van der Waals surface area contributed by atoms with Crippen LogP contribution in [0.25, 0.3) is 0 Å². The highest BCUT2D eigenvalue weighted by Crippen LogP contribution is 2.31. The van der Waals surface area contributed by atoms with Crippen LogP contribution in [0.3, 0.4) is 0 Å². The van der Waals surface area contributed by atoms with Crippen molar-refractivity contribution >= 4 is 23.4 Å². The summed E-state index contributed by atoms with van der Waals surface area (Å²) in [5, 5.41) is 5.70. The van der Waals surface area contributed by atoms with Gasteiger partial charge in [0.25, 0.3) is 0 Å². The SMILES string of the molecule is CC1=C(C(=O)c2ccc(Cl)cc2)[C@H](c2ccccc2F)NC(=O)N1. The number of hydrogen-bond acceptors (Lipinski definition) is 2. The van der Waals surface area contributed by atoms with Crippen molar-refractivity contribution in [3.05, 3.63) is 81.8 Å². The highest BCUT2D eigenvalue weighted by atomic mass is 35.5. The third-order valence-electron chi connectivity index (χ3n) is 3.84. The quantitative estimate of drug-likeness (QED) is 0.827. The Morgan fingerprint density at radius 1 is 1.12 bits per heavy atom. The van der Waals surface area contributed by atoms with E-state index in [0.717, 1.165) is 0 Å². The Hall–Kier alpha value is -2.66. The molecule has 1 aliphatic rings. The lowest BCUT2D eigenvalue weighted by molar-refractivity contribution is 0.102. The Kier molecular flexibility index (Phi) is 4.36. The number of carbonyl (C=O) groups is 2. The van der Waals surface area contributed by atoms with E-state index in [0.29, 0.717) is 21.9 Å². The largest absolute Gasteiger partial charge is 0.327 e. The number of carbonyl (C=O) groups excluding carboxylic acids is 2. The molecule has 4 nitrogen and oxygen atoms in total. The van der Waals surface area contributed by atoms with Gasteiger partial charge in [-0.05, 0) is 37.3 Å². The van der Waals surface area contributed by atoms with E-state index in [1.165, 1.54) is 6.07 Å². The molecule has 0 saturated carbocycles. The second-order valence-electron chi connectivity index (χ2n) is 5.43. The van der Waals surface area contributed by atoms with Crippen LogP contribution in [0.2, 0.25) is 5.02 Å². The second kappa shape index (κ2) is 6.45. The molecule has 2 N–H and O–H groups in total. The van der Waals surface area contributed by atoms with Gasteiger partial charge in [-0.2, -0.15) is 0 Å². The molecule has 1 heterocycles. The van der Waals surface area contributed by atoms with Crippen molar-refractivity contribution in [1.82, 2.24) is 10.6 Å². The molecule has 1 atom stereocenters. The molecular formula is C18H14ClFN2O2. The Morgan fingerprint density at radius 2 is 1.79 bits per heavy atom. The van der Waals surface area contributed by atoms with Crippen LogP contribution in [0.5, 0.6) is 0 Å². The molecular weight excluding hydrogens is 331 g/mol. The number of amides is 2. The maximum atomic E-state index is 14.2. The lowest BCUT2D eigenvalue weighted by Gasteiger charge is -2.28. The number of hydrogen-bond donors (Lipinski definition) is 2. The van der Waals surface area contributed by atoms with Crippen molar-refractivity contribution in [3.63, 3.8) is 0 Å². The van der Waals surface area contributed by atoms with Gasteiger partial charge in [0, 0.05) is 27.4 Å². The molecule has 24 heavy (non-hydrogen) atoms. The third-order valence-corrected chi connectivity index (χ3v) is 4.09. The Morgan fingerprint density at radius 3 is 2.46 bits per heavy atom. The summed E-state index contributed by atoms with van der Waals surface area (Å²) >= 11 is 5.85. The normalized spacial score (nSPS) is 17.3. The number of rotatable bonds is 3. The molecule has 122 valence electrons. The highest BCUT2D eigenvalue weighted by molar-refractivity contribution is 6.30. The summed E-state index contributed by atoms with van der Waals surface area (Å²) in [6.45, 7) is 1.62. The van der Waals surface area contributed by atoms with Crippen LogP contribution in [0, 0.1) is 5.82 Å². The lowest BCUT2D eigenvalue weighted by Crippen LogP contribution is -2.45. The number of nitrogens with one attached hydrogen (secondary N) is 2. The molecule has 0 saturated heterocycles. The van der Waals surface area contributed by atoms with Gasteiger partial charge in [0.2, 0.25) is 0 Å². The van der Waals surface area contributed by atoms with E-state index in [4.69, 9.17) is 11.6 Å². The van der Waals surface area contributed by atoms with Crippen molar-refractivity contribution in [2.75, 3.05) is 0 Å². The average molecular weight is 345 g/mol. The first-order valence-electron chi connectivity index (χ1n) is 7.30. The van der Waals surface area contributed by atoms with Crippen LogP contribution in [0.1, 0.15) is 28.9 Å². The maximum Gasteiger partial charge on any atom is 0.319 e. The van der Waals surface area contributed by atoms with E-state index in [2.05, 4.69) is 10.6 Å². The topological polar surface area (TPSA) is 58.2 Å². The molecule has 1 aliphatic heterocycles. The molecule has 0 aliphatic carbocycles. The van der Waals surface area contributed by atoms with E-state index in [1.54, 1.807) is 49.4 Å². The minimum Gasteiger partial charge on any atom is -0.327 e. The van der Waals surface area contributed by atoms with E-state index in [-0.39, 0.29) is 11.3 Å².